The minimum absolute atomic E-state index is 0.477. The molecular weight excluding hydrogens is 186 g/mol. The van der Waals surface area contributed by atoms with E-state index in [-0.39, 0.29) is 0 Å². The van der Waals surface area contributed by atoms with Crippen LogP contribution in [0.15, 0.2) is 18.2 Å². The van der Waals surface area contributed by atoms with E-state index in [1.54, 1.807) is 0 Å². The van der Waals surface area contributed by atoms with Crippen molar-refractivity contribution >= 4 is 5.65 Å². The Morgan fingerprint density at radius 1 is 1.20 bits per heavy atom. The Kier molecular flexibility index (Phi) is 3.83. The second-order valence-corrected chi connectivity index (χ2v) is 3.53. The third-order valence-electron chi connectivity index (χ3n) is 2.09. The van der Waals surface area contributed by atoms with Crippen LogP contribution in [0.5, 0.6) is 0 Å². The third-order valence-corrected chi connectivity index (χ3v) is 2.09. The van der Waals surface area contributed by atoms with E-state index in [2.05, 4.69) is 30.0 Å². The molecule has 82 valence electrons. The lowest BCUT2D eigenvalue weighted by Crippen LogP contribution is -1.99. The topological polar surface area (TPSA) is 30.2 Å². The van der Waals surface area contributed by atoms with Gasteiger partial charge in [0.1, 0.15) is 5.82 Å². The molecule has 3 nitrogen and oxygen atoms in total. The number of aryl methyl sites for hydroxylation is 1. The Morgan fingerprint density at radius 2 is 1.87 bits per heavy atom. The highest BCUT2D eigenvalue weighted by Crippen LogP contribution is 2.14. The SMILES string of the molecule is CC.Cc1nc2cccc(C(C)C)n2n1. The molecule has 0 atom stereocenters. The summed E-state index contributed by atoms with van der Waals surface area (Å²) in [4.78, 5) is 4.31. The van der Waals surface area contributed by atoms with E-state index < -0.39 is 0 Å². The van der Waals surface area contributed by atoms with Crippen molar-refractivity contribution in [2.75, 3.05) is 0 Å². The summed E-state index contributed by atoms with van der Waals surface area (Å²) >= 11 is 0. The normalized spacial score (nSPS) is 10.3. The van der Waals surface area contributed by atoms with Gasteiger partial charge in [0, 0.05) is 5.69 Å². The molecule has 0 unspecified atom stereocenters. The number of nitrogens with zero attached hydrogens (tertiary/aromatic N) is 3. The van der Waals surface area contributed by atoms with Gasteiger partial charge in [-0.1, -0.05) is 33.8 Å². The quantitative estimate of drug-likeness (QED) is 0.715. The molecule has 0 radical (unpaired) electrons. The first-order valence-electron chi connectivity index (χ1n) is 5.51. The van der Waals surface area contributed by atoms with Crippen LogP contribution in [0.25, 0.3) is 5.65 Å². The monoisotopic (exact) mass is 205 g/mol. The van der Waals surface area contributed by atoms with Gasteiger partial charge in [-0.05, 0) is 25.0 Å². The van der Waals surface area contributed by atoms with E-state index in [0.717, 1.165) is 11.5 Å². The zero-order valence-corrected chi connectivity index (χ0v) is 10.2. The molecule has 0 saturated heterocycles. The van der Waals surface area contributed by atoms with Gasteiger partial charge in [0.05, 0.1) is 0 Å². The Balaban J connectivity index is 0.000000531. The van der Waals surface area contributed by atoms with Crippen molar-refractivity contribution in [3.8, 4) is 0 Å². The van der Waals surface area contributed by atoms with Crippen LogP contribution >= 0.6 is 0 Å². The highest BCUT2D eigenvalue weighted by molar-refractivity contribution is 5.39. The third kappa shape index (κ3) is 2.35. The molecule has 0 N–H and O–H groups in total. The number of hydrogen-bond donors (Lipinski definition) is 0. The molecule has 2 rings (SSSR count). The van der Waals surface area contributed by atoms with Crippen molar-refractivity contribution in [3.63, 3.8) is 0 Å². The molecule has 0 aliphatic rings. The van der Waals surface area contributed by atoms with Gasteiger partial charge in [-0.15, -0.1) is 0 Å². The maximum Gasteiger partial charge on any atom is 0.155 e. The first-order chi connectivity index (χ1) is 7.18. The molecular formula is C12H19N3. The molecule has 2 heterocycles. The molecule has 0 spiro atoms. The predicted molar refractivity (Wildman–Crippen MR) is 63.2 cm³/mol. The van der Waals surface area contributed by atoms with Gasteiger partial charge in [-0.2, -0.15) is 5.10 Å². The summed E-state index contributed by atoms with van der Waals surface area (Å²) in [7, 11) is 0. The molecule has 15 heavy (non-hydrogen) atoms. The largest absolute Gasteiger partial charge is 0.217 e. The fourth-order valence-electron chi connectivity index (χ4n) is 1.47. The van der Waals surface area contributed by atoms with E-state index in [1.807, 2.05) is 37.4 Å². The molecule has 2 aromatic heterocycles. The van der Waals surface area contributed by atoms with E-state index >= 15 is 0 Å². The summed E-state index contributed by atoms with van der Waals surface area (Å²) < 4.78 is 1.92. The second kappa shape index (κ2) is 4.91. The summed E-state index contributed by atoms with van der Waals surface area (Å²) in [5.41, 5.74) is 2.14. The fraction of sp³-hybridized carbons (Fsp3) is 0.500. The highest BCUT2D eigenvalue weighted by Gasteiger charge is 2.06. The van der Waals surface area contributed by atoms with E-state index in [9.17, 15) is 0 Å². The molecule has 0 bridgehead atoms. The van der Waals surface area contributed by atoms with Gasteiger partial charge >= 0.3 is 0 Å². The van der Waals surface area contributed by atoms with Crippen molar-refractivity contribution in [2.45, 2.75) is 40.5 Å². The van der Waals surface area contributed by atoms with E-state index in [0.29, 0.717) is 5.92 Å². The lowest BCUT2D eigenvalue weighted by molar-refractivity contribution is 0.752. The average Bonchev–Trinajstić information content (AvgIpc) is 2.60. The van der Waals surface area contributed by atoms with Crippen molar-refractivity contribution in [1.82, 2.24) is 14.6 Å². The van der Waals surface area contributed by atoms with Crippen LogP contribution in [0.2, 0.25) is 0 Å². The van der Waals surface area contributed by atoms with Crippen molar-refractivity contribution in [3.05, 3.63) is 29.7 Å². The van der Waals surface area contributed by atoms with Crippen LogP contribution in [-0.4, -0.2) is 14.6 Å². The lowest BCUT2D eigenvalue weighted by Gasteiger charge is -2.05. The molecule has 0 fully saturated rings. The van der Waals surface area contributed by atoms with Crippen LogP contribution < -0.4 is 0 Å². The van der Waals surface area contributed by atoms with E-state index in [1.165, 1.54) is 5.69 Å². The minimum Gasteiger partial charge on any atom is -0.217 e. The van der Waals surface area contributed by atoms with Gasteiger partial charge < -0.3 is 0 Å². The van der Waals surface area contributed by atoms with Crippen molar-refractivity contribution < 1.29 is 0 Å². The summed E-state index contributed by atoms with van der Waals surface area (Å²) in [5, 5.41) is 4.34. The van der Waals surface area contributed by atoms with Crippen LogP contribution in [0.1, 0.15) is 45.1 Å². The average molecular weight is 205 g/mol. The van der Waals surface area contributed by atoms with Crippen LogP contribution in [0.4, 0.5) is 0 Å². The number of aromatic nitrogens is 3. The van der Waals surface area contributed by atoms with E-state index in [4.69, 9.17) is 0 Å². The molecule has 0 saturated carbocycles. The predicted octanol–water partition coefficient (Wildman–Crippen LogP) is 3.19. The number of rotatable bonds is 1. The Morgan fingerprint density at radius 3 is 2.47 bits per heavy atom. The minimum atomic E-state index is 0.477. The smallest absolute Gasteiger partial charge is 0.155 e. The Bertz CT molecular complexity index is 429. The second-order valence-electron chi connectivity index (χ2n) is 3.53. The zero-order chi connectivity index (χ0) is 11.4. The standard InChI is InChI=1S/C10H13N3.C2H6/c1-7(2)9-5-4-6-10-11-8(3)12-13(9)10;1-2/h4-7H,1-3H3;1-2H3. The van der Waals surface area contributed by atoms with Gasteiger partial charge in [0.15, 0.2) is 5.65 Å². The fourth-order valence-corrected chi connectivity index (χ4v) is 1.47. The maximum absolute atomic E-state index is 4.34. The molecule has 0 aliphatic heterocycles. The molecule has 0 aliphatic carbocycles. The summed E-state index contributed by atoms with van der Waals surface area (Å²) in [6.07, 6.45) is 0. The molecule has 0 aromatic carbocycles. The Hall–Kier alpha value is -1.38. The van der Waals surface area contributed by atoms with Crippen LogP contribution in [0, 0.1) is 6.92 Å². The van der Waals surface area contributed by atoms with Gasteiger partial charge in [-0.3, -0.25) is 0 Å². The lowest BCUT2D eigenvalue weighted by atomic mass is 10.1. The summed E-state index contributed by atoms with van der Waals surface area (Å²) in [6, 6.07) is 6.09. The van der Waals surface area contributed by atoms with Crippen molar-refractivity contribution in [1.29, 1.82) is 0 Å². The van der Waals surface area contributed by atoms with Crippen LogP contribution in [-0.2, 0) is 0 Å². The number of fused-ring (bicyclic) bond motifs is 1. The maximum atomic E-state index is 4.34. The van der Waals surface area contributed by atoms with Gasteiger partial charge in [0.25, 0.3) is 0 Å². The Labute approximate surface area is 91.2 Å². The highest BCUT2D eigenvalue weighted by atomic mass is 15.3. The first-order valence-corrected chi connectivity index (χ1v) is 5.51. The van der Waals surface area contributed by atoms with Crippen molar-refractivity contribution in [2.24, 2.45) is 0 Å². The molecule has 3 heteroatoms. The molecule has 0 amide bonds. The van der Waals surface area contributed by atoms with Gasteiger partial charge in [-0.25, -0.2) is 9.50 Å². The molecule has 2 aromatic rings. The summed E-state index contributed by atoms with van der Waals surface area (Å²) in [5.74, 6) is 1.30. The first kappa shape index (κ1) is 11.7. The summed E-state index contributed by atoms with van der Waals surface area (Å²) in [6.45, 7) is 10.2. The van der Waals surface area contributed by atoms with Gasteiger partial charge in [0.2, 0.25) is 0 Å². The van der Waals surface area contributed by atoms with Crippen LogP contribution in [0.3, 0.4) is 0 Å². The zero-order valence-electron chi connectivity index (χ0n) is 10.2. The number of hydrogen-bond acceptors (Lipinski definition) is 2. The number of pyridine rings is 1.